The first-order valence-electron chi connectivity index (χ1n) is 4.33. The van der Waals surface area contributed by atoms with Gasteiger partial charge in [0, 0.05) is 17.9 Å². The van der Waals surface area contributed by atoms with Gasteiger partial charge in [0.15, 0.2) is 0 Å². The van der Waals surface area contributed by atoms with E-state index in [2.05, 4.69) is 18.3 Å². The molecule has 0 fully saturated rings. The first-order chi connectivity index (χ1) is 5.72. The van der Waals surface area contributed by atoms with Crippen molar-refractivity contribution >= 4 is 11.4 Å². The maximum Gasteiger partial charge on any atom is 0.0363 e. The Morgan fingerprint density at radius 1 is 1.33 bits per heavy atom. The van der Waals surface area contributed by atoms with Crippen LogP contribution in [-0.2, 0) is 0 Å². The lowest BCUT2D eigenvalue weighted by atomic mass is 10.2. The van der Waals surface area contributed by atoms with Crippen LogP contribution >= 0.6 is 0 Å². The molecule has 0 radical (unpaired) electrons. The molecule has 0 saturated carbocycles. The lowest BCUT2D eigenvalue weighted by Crippen LogP contribution is -2.00. The van der Waals surface area contributed by atoms with Crippen molar-refractivity contribution in [2.75, 3.05) is 17.6 Å². The standard InChI is InChI=1S/C10H16N2/c1-3-4-12-10-6-8(2)5-9(11)7-10/h5-7,12H,3-4,11H2,1-2H3. The van der Waals surface area contributed by atoms with Crippen LogP contribution in [-0.4, -0.2) is 6.54 Å². The molecule has 2 nitrogen and oxygen atoms in total. The summed E-state index contributed by atoms with van der Waals surface area (Å²) in [6.07, 6.45) is 1.13. The predicted octanol–water partition coefficient (Wildman–Crippen LogP) is 2.40. The van der Waals surface area contributed by atoms with Crippen LogP contribution < -0.4 is 11.1 Å². The van der Waals surface area contributed by atoms with Gasteiger partial charge >= 0.3 is 0 Å². The van der Waals surface area contributed by atoms with Crippen molar-refractivity contribution < 1.29 is 0 Å². The molecule has 0 aromatic heterocycles. The first kappa shape index (κ1) is 8.91. The summed E-state index contributed by atoms with van der Waals surface area (Å²) in [6.45, 7) is 5.20. The van der Waals surface area contributed by atoms with Gasteiger partial charge in [0.25, 0.3) is 0 Å². The minimum Gasteiger partial charge on any atom is -0.399 e. The fraction of sp³-hybridized carbons (Fsp3) is 0.400. The summed E-state index contributed by atoms with van der Waals surface area (Å²) in [4.78, 5) is 0. The lowest BCUT2D eigenvalue weighted by Gasteiger charge is -2.06. The van der Waals surface area contributed by atoms with E-state index in [1.165, 1.54) is 5.56 Å². The van der Waals surface area contributed by atoms with E-state index in [4.69, 9.17) is 5.73 Å². The minimum atomic E-state index is 0.827. The maximum absolute atomic E-state index is 5.69. The second kappa shape index (κ2) is 4.00. The number of anilines is 2. The average molecular weight is 164 g/mol. The van der Waals surface area contributed by atoms with Crippen LogP contribution in [0.25, 0.3) is 0 Å². The topological polar surface area (TPSA) is 38.0 Å². The Bertz CT molecular complexity index is 236. The van der Waals surface area contributed by atoms with E-state index in [0.717, 1.165) is 24.3 Å². The van der Waals surface area contributed by atoms with E-state index in [-0.39, 0.29) is 0 Å². The Labute approximate surface area is 73.8 Å². The molecule has 12 heavy (non-hydrogen) atoms. The minimum absolute atomic E-state index is 0.827. The highest BCUT2D eigenvalue weighted by Crippen LogP contribution is 2.15. The van der Waals surface area contributed by atoms with E-state index < -0.39 is 0 Å². The Kier molecular flexibility index (Phi) is 2.97. The number of aryl methyl sites for hydroxylation is 1. The van der Waals surface area contributed by atoms with Gasteiger partial charge in [0.2, 0.25) is 0 Å². The third-order valence-electron chi connectivity index (χ3n) is 1.68. The summed E-state index contributed by atoms with van der Waals surface area (Å²) in [5.41, 5.74) is 8.84. The highest BCUT2D eigenvalue weighted by Gasteiger charge is 1.93. The largest absolute Gasteiger partial charge is 0.399 e. The summed E-state index contributed by atoms with van der Waals surface area (Å²) in [5.74, 6) is 0. The molecule has 0 aliphatic rings. The third-order valence-corrected chi connectivity index (χ3v) is 1.68. The molecule has 0 unspecified atom stereocenters. The van der Waals surface area contributed by atoms with Gasteiger partial charge in [0.05, 0.1) is 0 Å². The maximum atomic E-state index is 5.69. The highest BCUT2D eigenvalue weighted by molar-refractivity contribution is 5.56. The van der Waals surface area contributed by atoms with Gasteiger partial charge in [-0.2, -0.15) is 0 Å². The summed E-state index contributed by atoms with van der Waals surface area (Å²) >= 11 is 0. The highest BCUT2D eigenvalue weighted by atomic mass is 14.9. The van der Waals surface area contributed by atoms with Crippen molar-refractivity contribution in [2.45, 2.75) is 20.3 Å². The molecule has 0 aliphatic carbocycles. The molecule has 0 aliphatic heterocycles. The van der Waals surface area contributed by atoms with Crippen molar-refractivity contribution in [2.24, 2.45) is 0 Å². The Hall–Kier alpha value is -1.18. The SMILES string of the molecule is CCCNc1cc(C)cc(N)c1. The number of rotatable bonds is 3. The van der Waals surface area contributed by atoms with Crippen LogP contribution in [0.3, 0.4) is 0 Å². The lowest BCUT2D eigenvalue weighted by molar-refractivity contribution is 0.979. The fourth-order valence-electron chi connectivity index (χ4n) is 1.18. The molecule has 0 atom stereocenters. The van der Waals surface area contributed by atoms with Gasteiger partial charge in [-0.15, -0.1) is 0 Å². The van der Waals surface area contributed by atoms with Crippen LogP contribution in [0.2, 0.25) is 0 Å². The normalized spacial score (nSPS) is 9.83. The molecular formula is C10H16N2. The average Bonchev–Trinajstić information content (AvgIpc) is 1.99. The van der Waals surface area contributed by atoms with Gasteiger partial charge in [-0.25, -0.2) is 0 Å². The van der Waals surface area contributed by atoms with Crippen LogP contribution in [0, 0.1) is 6.92 Å². The summed E-state index contributed by atoms with van der Waals surface area (Å²) < 4.78 is 0. The molecule has 0 bridgehead atoms. The molecular weight excluding hydrogens is 148 g/mol. The van der Waals surface area contributed by atoms with Crippen molar-refractivity contribution in [1.82, 2.24) is 0 Å². The van der Waals surface area contributed by atoms with Gasteiger partial charge in [0.1, 0.15) is 0 Å². The third kappa shape index (κ3) is 2.46. The number of nitrogens with one attached hydrogen (secondary N) is 1. The van der Waals surface area contributed by atoms with Crippen molar-refractivity contribution in [3.8, 4) is 0 Å². The molecule has 2 heteroatoms. The Morgan fingerprint density at radius 2 is 2.08 bits per heavy atom. The van der Waals surface area contributed by atoms with Gasteiger partial charge in [-0.05, 0) is 37.1 Å². The predicted molar refractivity (Wildman–Crippen MR) is 54.4 cm³/mol. The molecule has 1 aromatic carbocycles. The quantitative estimate of drug-likeness (QED) is 0.673. The van der Waals surface area contributed by atoms with Crippen LogP contribution in [0.5, 0.6) is 0 Å². The van der Waals surface area contributed by atoms with Gasteiger partial charge in [-0.3, -0.25) is 0 Å². The summed E-state index contributed by atoms with van der Waals surface area (Å²) in [6, 6.07) is 6.03. The van der Waals surface area contributed by atoms with E-state index >= 15 is 0 Å². The molecule has 0 saturated heterocycles. The fourth-order valence-corrected chi connectivity index (χ4v) is 1.18. The molecule has 1 rings (SSSR count). The summed E-state index contributed by atoms with van der Waals surface area (Å²) in [7, 11) is 0. The van der Waals surface area contributed by atoms with Crippen molar-refractivity contribution in [3.05, 3.63) is 23.8 Å². The number of nitrogen functional groups attached to an aromatic ring is 1. The Morgan fingerprint density at radius 3 is 2.67 bits per heavy atom. The second-order valence-electron chi connectivity index (χ2n) is 3.06. The van der Waals surface area contributed by atoms with Crippen LogP contribution in [0.1, 0.15) is 18.9 Å². The first-order valence-corrected chi connectivity index (χ1v) is 4.33. The van der Waals surface area contributed by atoms with Crippen molar-refractivity contribution in [1.29, 1.82) is 0 Å². The smallest absolute Gasteiger partial charge is 0.0363 e. The van der Waals surface area contributed by atoms with E-state index in [0.29, 0.717) is 0 Å². The van der Waals surface area contributed by atoms with Gasteiger partial charge < -0.3 is 11.1 Å². The Balaban J connectivity index is 2.72. The zero-order valence-corrected chi connectivity index (χ0v) is 7.72. The van der Waals surface area contributed by atoms with Crippen LogP contribution in [0.4, 0.5) is 11.4 Å². The molecule has 1 aromatic rings. The number of hydrogen-bond donors (Lipinski definition) is 2. The van der Waals surface area contributed by atoms with Crippen molar-refractivity contribution in [3.63, 3.8) is 0 Å². The molecule has 0 spiro atoms. The molecule has 0 heterocycles. The molecule has 0 amide bonds. The number of benzene rings is 1. The molecule has 3 N–H and O–H groups in total. The van der Waals surface area contributed by atoms with Gasteiger partial charge in [-0.1, -0.05) is 6.92 Å². The zero-order valence-electron chi connectivity index (χ0n) is 7.72. The second-order valence-corrected chi connectivity index (χ2v) is 3.06. The monoisotopic (exact) mass is 164 g/mol. The summed E-state index contributed by atoms with van der Waals surface area (Å²) in [5, 5.41) is 3.30. The number of nitrogens with two attached hydrogens (primary N) is 1. The molecule has 66 valence electrons. The zero-order chi connectivity index (χ0) is 8.97. The number of hydrogen-bond acceptors (Lipinski definition) is 2. The van der Waals surface area contributed by atoms with E-state index in [1.807, 2.05) is 19.1 Å². The van der Waals surface area contributed by atoms with Crippen LogP contribution in [0.15, 0.2) is 18.2 Å². The van der Waals surface area contributed by atoms with E-state index in [1.54, 1.807) is 0 Å². The van der Waals surface area contributed by atoms with E-state index in [9.17, 15) is 0 Å².